The van der Waals surface area contributed by atoms with Crippen molar-refractivity contribution in [3.8, 4) is 11.5 Å². The van der Waals surface area contributed by atoms with Crippen molar-refractivity contribution in [2.75, 3.05) is 0 Å². The summed E-state index contributed by atoms with van der Waals surface area (Å²) in [5.41, 5.74) is -1.50. The first-order valence-electron chi connectivity index (χ1n) is 5.32. The minimum Gasteiger partial charge on any atom is -0.354 e. The molecule has 0 atom stereocenters. The highest BCUT2D eigenvalue weighted by molar-refractivity contribution is 5.51. The number of alkyl halides is 3. The van der Waals surface area contributed by atoms with Crippen molar-refractivity contribution in [3.63, 3.8) is 0 Å². The fraction of sp³-hybridized carbons (Fsp3) is 0.400. The number of hydrogen-bond acceptors (Lipinski definition) is 2. The van der Waals surface area contributed by atoms with E-state index >= 15 is 0 Å². The Morgan fingerprint density at radius 3 is 2.75 bits per heavy atom. The van der Waals surface area contributed by atoms with Crippen molar-refractivity contribution < 1.29 is 14.5 Å². The summed E-state index contributed by atoms with van der Waals surface area (Å²) in [7, 11) is 0. The first-order chi connectivity index (χ1) is 7.94. The Balaban J connectivity index is 2.14. The van der Waals surface area contributed by atoms with Crippen molar-refractivity contribution in [2.45, 2.75) is 24.4 Å². The minimum atomic E-state index is -4.28. The van der Waals surface area contributed by atoms with E-state index in [1.165, 1.54) is 12.4 Å². The topological polar surface area (TPSA) is 41.6 Å². The van der Waals surface area contributed by atoms with Crippen LogP contribution in [0.3, 0.4) is 0 Å². The number of fused-ring (bicyclic) bond motifs is 1. The molecule has 0 aromatic rings. The number of hydrogen-bond donors (Lipinski definition) is 1. The smallest absolute Gasteiger partial charge is 0.354 e. The molecule has 0 spiro atoms. The van der Waals surface area contributed by atoms with E-state index in [0.29, 0.717) is 0 Å². The van der Waals surface area contributed by atoms with Gasteiger partial charge in [0.1, 0.15) is 5.41 Å². The molecule has 1 saturated carbocycles. The zero-order chi connectivity index (χ0) is 12.3. The SMILES string of the molecule is [2H]c1cnc2ncc(C3(C(F)(F)F)CC3)[nH]c1-2. The Bertz CT molecular complexity index is 544. The molecule has 6 heteroatoms. The number of aromatic nitrogens is 3. The summed E-state index contributed by atoms with van der Waals surface area (Å²) in [5, 5.41) is 0. The summed E-state index contributed by atoms with van der Waals surface area (Å²) in [5.74, 6) is 0.275. The van der Waals surface area contributed by atoms with Gasteiger partial charge in [0.05, 0.1) is 7.06 Å². The Morgan fingerprint density at radius 2 is 2.12 bits per heavy atom. The molecule has 16 heavy (non-hydrogen) atoms. The maximum atomic E-state index is 12.9. The first kappa shape index (κ1) is 8.55. The molecule has 1 fully saturated rings. The van der Waals surface area contributed by atoms with Crippen LogP contribution in [0.2, 0.25) is 0 Å². The van der Waals surface area contributed by atoms with Gasteiger partial charge in [-0.05, 0) is 18.9 Å². The third-order valence-corrected chi connectivity index (χ3v) is 3.00. The maximum Gasteiger partial charge on any atom is 0.399 e. The average molecular weight is 228 g/mol. The van der Waals surface area contributed by atoms with Gasteiger partial charge in [-0.15, -0.1) is 0 Å². The van der Waals surface area contributed by atoms with E-state index in [1.54, 1.807) is 0 Å². The van der Waals surface area contributed by atoms with Crippen molar-refractivity contribution >= 4 is 0 Å². The third kappa shape index (κ3) is 1.15. The van der Waals surface area contributed by atoms with E-state index < -0.39 is 11.6 Å². The molecule has 84 valence electrons. The van der Waals surface area contributed by atoms with E-state index in [0.717, 1.165) is 0 Å². The minimum absolute atomic E-state index is 0.0269. The maximum absolute atomic E-state index is 12.9. The Kier molecular flexibility index (Phi) is 1.47. The van der Waals surface area contributed by atoms with Gasteiger partial charge >= 0.3 is 6.18 Å². The lowest BCUT2D eigenvalue weighted by Crippen LogP contribution is -2.30. The summed E-state index contributed by atoms with van der Waals surface area (Å²) in [6.45, 7) is 0. The quantitative estimate of drug-likeness (QED) is 0.814. The number of nitrogens with zero attached hydrogens (tertiary/aromatic N) is 2. The predicted molar refractivity (Wildman–Crippen MR) is 50.0 cm³/mol. The molecular formula is C10H8F3N3. The fourth-order valence-electron chi connectivity index (χ4n) is 1.84. The monoisotopic (exact) mass is 228 g/mol. The number of nitrogens with one attached hydrogen (secondary N) is 1. The van der Waals surface area contributed by atoms with Crippen LogP contribution in [0.15, 0.2) is 18.4 Å². The second-order valence-corrected chi connectivity index (χ2v) is 3.98. The van der Waals surface area contributed by atoms with E-state index in [1.807, 2.05) is 0 Å². The van der Waals surface area contributed by atoms with Crippen molar-refractivity contribution in [3.05, 3.63) is 24.1 Å². The molecule has 1 N–H and O–H groups in total. The summed E-state index contributed by atoms with van der Waals surface area (Å²) < 4.78 is 46.2. The molecule has 0 aromatic carbocycles. The molecule has 0 bridgehead atoms. The average Bonchev–Trinajstić information content (AvgIpc) is 3.00. The van der Waals surface area contributed by atoms with Gasteiger partial charge in [-0.1, -0.05) is 0 Å². The van der Waals surface area contributed by atoms with E-state index in [9.17, 15) is 13.2 Å². The molecule has 0 radical (unpaired) electrons. The van der Waals surface area contributed by atoms with Gasteiger partial charge in [-0.25, -0.2) is 9.97 Å². The zero-order valence-corrected chi connectivity index (χ0v) is 8.10. The van der Waals surface area contributed by atoms with Crippen LogP contribution in [0.5, 0.6) is 0 Å². The van der Waals surface area contributed by atoms with Gasteiger partial charge in [0, 0.05) is 18.1 Å². The second kappa shape index (κ2) is 2.75. The van der Waals surface area contributed by atoms with Gasteiger partial charge in [0.15, 0.2) is 5.82 Å². The van der Waals surface area contributed by atoms with Crippen molar-refractivity contribution in [2.24, 2.45) is 0 Å². The van der Waals surface area contributed by atoms with Gasteiger partial charge < -0.3 is 4.98 Å². The first-order valence-corrected chi connectivity index (χ1v) is 4.82. The van der Waals surface area contributed by atoms with Crippen molar-refractivity contribution in [1.29, 1.82) is 0 Å². The molecule has 3 rings (SSSR count). The summed E-state index contributed by atoms with van der Waals surface area (Å²) in [6, 6.07) is 0.0623. The van der Waals surface area contributed by atoms with Crippen LogP contribution in [0, 0.1) is 0 Å². The summed E-state index contributed by atoms with van der Waals surface area (Å²) in [4.78, 5) is 10.3. The zero-order valence-electron chi connectivity index (χ0n) is 9.10. The predicted octanol–water partition coefficient (Wildman–Crippen LogP) is 2.50. The van der Waals surface area contributed by atoms with Crippen LogP contribution in [-0.4, -0.2) is 21.1 Å². The van der Waals surface area contributed by atoms with Crippen LogP contribution in [0.4, 0.5) is 13.2 Å². The third-order valence-electron chi connectivity index (χ3n) is 3.00. The summed E-state index contributed by atoms with van der Waals surface area (Å²) >= 11 is 0. The molecule has 2 heterocycles. The molecular weight excluding hydrogens is 219 g/mol. The number of H-pyrrole nitrogens is 1. The molecule has 0 amide bonds. The highest BCUT2D eigenvalue weighted by Gasteiger charge is 2.65. The molecule has 0 aromatic heterocycles. The molecule has 3 nitrogen and oxygen atoms in total. The lowest BCUT2D eigenvalue weighted by molar-refractivity contribution is -0.161. The molecule has 2 aliphatic heterocycles. The Hall–Kier alpha value is -1.59. The number of rotatable bonds is 1. The lowest BCUT2D eigenvalue weighted by atomic mass is 10.0. The van der Waals surface area contributed by atoms with Crippen LogP contribution in [0.25, 0.3) is 11.5 Å². The molecule has 0 unspecified atom stereocenters. The highest BCUT2D eigenvalue weighted by atomic mass is 19.4. The largest absolute Gasteiger partial charge is 0.399 e. The Morgan fingerprint density at radius 1 is 1.38 bits per heavy atom. The van der Waals surface area contributed by atoms with Crippen LogP contribution < -0.4 is 0 Å². The van der Waals surface area contributed by atoms with Gasteiger partial charge in [-0.3, -0.25) is 0 Å². The van der Waals surface area contributed by atoms with E-state index in [4.69, 9.17) is 1.37 Å². The normalized spacial score (nSPS) is 19.8. The van der Waals surface area contributed by atoms with Crippen molar-refractivity contribution in [1.82, 2.24) is 15.0 Å². The fourth-order valence-corrected chi connectivity index (χ4v) is 1.84. The molecule has 3 aliphatic rings. The van der Waals surface area contributed by atoms with E-state index in [2.05, 4.69) is 15.0 Å². The van der Waals surface area contributed by atoms with Crippen LogP contribution in [-0.2, 0) is 5.41 Å². The van der Waals surface area contributed by atoms with Gasteiger partial charge in [-0.2, -0.15) is 13.2 Å². The van der Waals surface area contributed by atoms with Crippen LogP contribution in [0.1, 0.15) is 19.9 Å². The second-order valence-electron chi connectivity index (χ2n) is 3.98. The molecule has 1 aliphatic carbocycles. The summed E-state index contributed by atoms with van der Waals surface area (Å²) in [6.07, 6.45) is -1.69. The van der Waals surface area contributed by atoms with Gasteiger partial charge in [0.2, 0.25) is 0 Å². The standard InChI is InChI=1S/C10H8F3N3/c11-10(12,13)9(2-3-9)7-5-15-8-6(16-7)1-4-14-8/h1,4-5,16H,2-3H2/i1D. The highest BCUT2D eigenvalue weighted by Crippen LogP contribution is 2.58. The molecule has 0 saturated heterocycles. The number of halogens is 3. The van der Waals surface area contributed by atoms with Gasteiger partial charge in [0.25, 0.3) is 0 Å². The van der Waals surface area contributed by atoms with E-state index in [-0.39, 0.29) is 36.1 Å². The van der Waals surface area contributed by atoms with Crippen LogP contribution >= 0.6 is 0 Å². The Labute approximate surface area is 90.5 Å². The number of aromatic amines is 1. The lowest BCUT2D eigenvalue weighted by Gasteiger charge is -2.19.